The molecule has 0 amide bonds. The molecular weight excluding hydrogens is 579 g/mol. The van der Waals surface area contributed by atoms with E-state index in [9.17, 15) is 0 Å². The van der Waals surface area contributed by atoms with Crippen LogP contribution in [0.3, 0.4) is 0 Å². The number of nitrogens with zero attached hydrogens (tertiary/aromatic N) is 3. The molecule has 46 heavy (non-hydrogen) atoms. The first-order chi connectivity index (χ1) is 22.8. The average Bonchev–Trinajstić information content (AvgIpc) is 3.82. The Bertz CT molecular complexity index is 2830. The van der Waals surface area contributed by atoms with Gasteiger partial charge in [0.15, 0.2) is 0 Å². The molecule has 4 heterocycles. The summed E-state index contributed by atoms with van der Waals surface area (Å²) in [5.41, 5.74) is 12.4. The van der Waals surface area contributed by atoms with Gasteiger partial charge in [-0.3, -0.25) is 0 Å². The lowest BCUT2D eigenvalue weighted by Crippen LogP contribution is -2.02. The minimum Gasteiger partial charge on any atom is -0.309 e. The van der Waals surface area contributed by atoms with Gasteiger partial charge in [0.05, 0.1) is 44.5 Å². The van der Waals surface area contributed by atoms with Crippen molar-refractivity contribution in [1.29, 1.82) is 0 Å². The molecule has 0 aliphatic heterocycles. The van der Waals surface area contributed by atoms with Crippen molar-refractivity contribution in [1.82, 2.24) is 13.5 Å². The highest BCUT2D eigenvalue weighted by Crippen LogP contribution is 2.45. The van der Waals surface area contributed by atoms with Crippen LogP contribution in [0.15, 0.2) is 133 Å². The molecule has 1 unspecified atom stereocenters. The molecule has 1 aliphatic carbocycles. The number of thiol groups is 1. The van der Waals surface area contributed by atoms with Crippen molar-refractivity contribution in [2.45, 2.75) is 11.7 Å². The monoisotopic (exact) mass is 605 g/mol. The van der Waals surface area contributed by atoms with Crippen molar-refractivity contribution in [3.63, 3.8) is 0 Å². The predicted octanol–water partition coefficient (Wildman–Crippen LogP) is 11.3. The standard InChI is InChI=1S/C42H27N3S/c46-39-22-10-21-38-41(39)29-14-4-8-18-35(29)44(38)37-20-9-19-36-40(37)28-13-3-7-17-34(28)43(36)25-23-30-26-11-1-5-15-32(26)45-33-16-6-2-12-27(33)31(24-25)42(30)45/h1-21,23-24,39,46H,22H2. The zero-order valence-corrected chi connectivity index (χ0v) is 25.7. The lowest BCUT2D eigenvalue weighted by molar-refractivity contribution is 0.951. The van der Waals surface area contributed by atoms with Crippen molar-refractivity contribution >= 4 is 89.5 Å². The summed E-state index contributed by atoms with van der Waals surface area (Å²) in [6.45, 7) is 0. The second-order valence-corrected chi connectivity index (χ2v) is 13.2. The molecule has 4 heteroatoms. The topological polar surface area (TPSA) is 14.3 Å². The molecule has 10 aromatic rings. The van der Waals surface area contributed by atoms with E-state index in [4.69, 9.17) is 12.6 Å². The molecule has 0 N–H and O–H groups in total. The van der Waals surface area contributed by atoms with Gasteiger partial charge in [-0.25, -0.2) is 0 Å². The highest BCUT2D eigenvalue weighted by Gasteiger charge is 2.26. The van der Waals surface area contributed by atoms with Crippen LogP contribution in [0.4, 0.5) is 0 Å². The predicted molar refractivity (Wildman–Crippen MR) is 198 cm³/mol. The summed E-state index contributed by atoms with van der Waals surface area (Å²) in [7, 11) is 0. The third-order valence-corrected chi connectivity index (χ3v) is 10.8. The van der Waals surface area contributed by atoms with E-state index in [1.165, 1.54) is 93.4 Å². The maximum absolute atomic E-state index is 5.05. The van der Waals surface area contributed by atoms with Crippen LogP contribution in [-0.2, 0) is 0 Å². The zero-order chi connectivity index (χ0) is 30.1. The van der Waals surface area contributed by atoms with E-state index in [2.05, 4.69) is 153 Å². The lowest BCUT2D eigenvalue weighted by atomic mass is 10.0. The third-order valence-electron chi connectivity index (χ3n) is 10.3. The zero-order valence-electron chi connectivity index (χ0n) is 24.9. The molecule has 0 fully saturated rings. The van der Waals surface area contributed by atoms with Gasteiger partial charge in [-0.1, -0.05) is 84.9 Å². The van der Waals surface area contributed by atoms with Gasteiger partial charge in [-0.2, -0.15) is 12.6 Å². The van der Waals surface area contributed by atoms with Crippen LogP contribution in [0.2, 0.25) is 0 Å². The Kier molecular flexibility index (Phi) is 4.77. The Labute approximate surface area is 269 Å². The van der Waals surface area contributed by atoms with Crippen LogP contribution in [0.25, 0.3) is 88.3 Å². The van der Waals surface area contributed by atoms with Crippen molar-refractivity contribution in [2.24, 2.45) is 0 Å². The van der Waals surface area contributed by atoms with E-state index in [1.54, 1.807) is 0 Å². The summed E-state index contributed by atoms with van der Waals surface area (Å²) in [6.07, 6.45) is 5.51. The second kappa shape index (κ2) is 8.84. The normalized spacial score (nSPS) is 15.1. The molecule has 11 rings (SSSR count). The summed E-state index contributed by atoms with van der Waals surface area (Å²) in [4.78, 5) is 0. The Morgan fingerprint density at radius 3 is 1.78 bits per heavy atom. The molecule has 1 aliphatic rings. The highest BCUT2D eigenvalue weighted by molar-refractivity contribution is 7.80. The summed E-state index contributed by atoms with van der Waals surface area (Å²) < 4.78 is 7.40. The molecule has 6 aromatic carbocycles. The van der Waals surface area contributed by atoms with Gasteiger partial charge in [-0.15, -0.1) is 0 Å². The Balaban J connectivity index is 1.29. The van der Waals surface area contributed by atoms with E-state index in [-0.39, 0.29) is 5.25 Å². The fourth-order valence-corrected chi connectivity index (χ4v) is 8.91. The Morgan fingerprint density at radius 1 is 0.522 bits per heavy atom. The summed E-state index contributed by atoms with van der Waals surface area (Å²) in [6, 6.07) is 46.9. The van der Waals surface area contributed by atoms with E-state index in [0.29, 0.717) is 0 Å². The summed E-state index contributed by atoms with van der Waals surface area (Å²) in [5, 5.41) is 9.12. The van der Waals surface area contributed by atoms with Crippen LogP contribution in [0, 0.1) is 0 Å². The number of allylic oxidation sites excluding steroid dienone is 1. The maximum Gasteiger partial charge on any atom is 0.0622 e. The minimum absolute atomic E-state index is 0.177. The number of para-hydroxylation sites is 4. The van der Waals surface area contributed by atoms with Gasteiger partial charge in [0.1, 0.15) is 0 Å². The van der Waals surface area contributed by atoms with Crippen LogP contribution >= 0.6 is 12.6 Å². The smallest absolute Gasteiger partial charge is 0.0622 e. The van der Waals surface area contributed by atoms with Gasteiger partial charge >= 0.3 is 0 Å². The Morgan fingerprint density at radius 2 is 1.09 bits per heavy atom. The Hall–Kier alpha value is -5.45. The number of hydrogen-bond acceptors (Lipinski definition) is 1. The molecule has 3 nitrogen and oxygen atoms in total. The van der Waals surface area contributed by atoms with E-state index in [0.717, 1.165) is 6.42 Å². The van der Waals surface area contributed by atoms with Gasteiger partial charge in [0.25, 0.3) is 0 Å². The molecule has 0 bridgehead atoms. The second-order valence-electron chi connectivity index (χ2n) is 12.6. The van der Waals surface area contributed by atoms with Gasteiger partial charge in [0, 0.05) is 48.6 Å². The third kappa shape index (κ3) is 3.00. The molecule has 4 aromatic heterocycles. The van der Waals surface area contributed by atoms with E-state index < -0.39 is 0 Å². The first kappa shape index (κ1) is 24.8. The number of fused-ring (bicyclic) bond motifs is 12. The molecule has 0 spiro atoms. The quantitative estimate of drug-likeness (QED) is 0.189. The van der Waals surface area contributed by atoms with Gasteiger partial charge < -0.3 is 13.5 Å². The first-order valence-corrected chi connectivity index (χ1v) is 16.5. The first-order valence-electron chi connectivity index (χ1n) is 16.0. The fraction of sp³-hybridized carbons (Fsp3) is 0.0476. The van der Waals surface area contributed by atoms with Crippen molar-refractivity contribution < 1.29 is 0 Å². The number of benzene rings is 6. The molecule has 1 atom stereocenters. The van der Waals surface area contributed by atoms with Gasteiger partial charge in [-0.05, 0) is 66.6 Å². The molecule has 216 valence electrons. The highest BCUT2D eigenvalue weighted by atomic mass is 32.1. The van der Waals surface area contributed by atoms with Crippen LogP contribution in [-0.4, -0.2) is 13.5 Å². The summed E-state index contributed by atoms with van der Waals surface area (Å²) in [5.74, 6) is 0. The van der Waals surface area contributed by atoms with Crippen molar-refractivity contribution in [3.8, 4) is 11.4 Å². The molecular formula is C42H27N3S. The molecule has 0 saturated carbocycles. The van der Waals surface area contributed by atoms with Crippen molar-refractivity contribution in [2.75, 3.05) is 0 Å². The van der Waals surface area contributed by atoms with Crippen LogP contribution in [0.5, 0.6) is 0 Å². The number of aromatic nitrogens is 3. The largest absolute Gasteiger partial charge is 0.309 e. The van der Waals surface area contributed by atoms with Crippen LogP contribution < -0.4 is 0 Å². The maximum atomic E-state index is 5.05. The minimum atomic E-state index is 0.177. The molecule has 0 radical (unpaired) electrons. The van der Waals surface area contributed by atoms with E-state index >= 15 is 0 Å². The average molecular weight is 606 g/mol. The van der Waals surface area contributed by atoms with E-state index in [1.807, 2.05) is 0 Å². The summed E-state index contributed by atoms with van der Waals surface area (Å²) >= 11 is 5.05. The number of rotatable bonds is 2. The van der Waals surface area contributed by atoms with Gasteiger partial charge in [0.2, 0.25) is 0 Å². The fourth-order valence-electron chi connectivity index (χ4n) is 8.51. The SMILES string of the molecule is SC1CC=Cc2c1c1ccccc1n2-c1cccc2c1c1ccccc1n2-c1cc2c3ccccc3n3c4ccccc4c(c1)c23. The molecule has 0 saturated heterocycles. The lowest BCUT2D eigenvalue weighted by Gasteiger charge is -2.17. The number of hydrogen-bond donors (Lipinski definition) is 1. The van der Waals surface area contributed by atoms with Crippen LogP contribution in [0.1, 0.15) is 22.9 Å². The van der Waals surface area contributed by atoms with Crippen molar-refractivity contribution in [3.05, 3.63) is 145 Å².